The van der Waals surface area contributed by atoms with Crippen molar-refractivity contribution in [3.63, 3.8) is 0 Å². The van der Waals surface area contributed by atoms with Gasteiger partial charge in [-0.1, -0.05) is 6.92 Å². The molecule has 1 aliphatic rings. The molecule has 0 N–H and O–H groups in total. The smallest absolute Gasteiger partial charge is 0.114 e. The minimum absolute atomic E-state index is 0.406. The maximum Gasteiger partial charge on any atom is 0.114 e. The number of aromatic nitrogens is 1. The molecule has 0 saturated heterocycles. The van der Waals surface area contributed by atoms with Crippen LogP contribution in [0.4, 0.5) is 0 Å². The molecule has 0 spiro atoms. The Hall–Kier alpha value is -0.720. The van der Waals surface area contributed by atoms with Gasteiger partial charge in [0.1, 0.15) is 11.1 Å². The first-order chi connectivity index (χ1) is 8.74. The van der Waals surface area contributed by atoms with Crippen molar-refractivity contribution in [2.24, 2.45) is 0 Å². The molecule has 1 heterocycles. The fourth-order valence-electron chi connectivity index (χ4n) is 2.19. The van der Waals surface area contributed by atoms with Crippen LogP contribution in [0.25, 0.3) is 0 Å². The van der Waals surface area contributed by atoms with Crippen LogP contribution in [0.1, 0.15) is 43.0 Å². The average molecular weight is 281 g/mol. The first-order valence-corrected chi connectivity index (χ1v) is 7.81. The van der Waals surface area contributed by atoms with Crippen molar-refractivity contribution in [3.8, 4) is 6.07 Å². The standard InChI is InChI=1S/C14H17ClN2S/c1-10(6-7-15)18-14-12(9-16)8-11-4-2-3-5-13(11)17-14/h8,10H,2-7H2,1H3. The molecule has 0 radical (unpaired) electrons. The van der Waals surface area contributed by atoms with Crippen molar-refractivity contribution in [1.82, 2.24) is 4.98 Å². The highest BCUT2D eigenvalue weighted by atomic mass is 35.5. The van der Waals surface area contributed by atoms with Crippen LogP contribution in [0.3, 0.4) is 0 Å². The summed E-state index contributed by atoms with van der Waals surface area (Å²) in [5.74, 6) is 0.654. The highest BCUT2D eigenvalue weighted by Crippen LogP contribution is 2.30. The molecule has 0 aromatic carbocycles. The SMILES string of the molecule is CC(CCCl)Sc1nc2c(cc1C#N)CCCC2. The molecule has 0 amide bonds. The molecule has 18 heavy (non-hydrogen) atoms. The second-order valence-electron chi connectivity index (χ2n) is 4.67. The number of fused-ring (bicyclic) bond motifs is 1. The van der Waals surface area contributed by atoms with E-state index in [2.05, 4.69) is 13.0 Å². The van der Waals surface area contributed by atoms with E-state index in [0.717, 1.165) is 29.9 Å². The van der Waals surface area contributed by atoms with E-state index in [0.29, 0.717) is 11.1 Å². The van der Waals surface area contributed by atoms with E-state index in [1.165, 1.54) is 24.1 Å². The van der Waals surface area contributed by atoms with E-state index in [-0.39, 0.29) is 0 Å². The summed E-state index contributed by atoms with van der Waals surface area (Å²) in [5.41, 5.74) is 3.19. The summed E-state index contributed by atoms with van der Waals surface area (Å²) in [4.78, 5) is 4.70. The van der Waals surface area contributed by atoms with Gasteiger partial charge in [-0.3, -0.25) is 0 Å². The van der Waals surface area contributed by atoms with E-state index in [9.17, 15) is 5.26 Å². The van der Waals surface area contributed by atoms with Crippen LogP contribution in [0, 0.1) is 11.3 Å². The number of hydrogen-bond donors (Lipinski definition) is 0. The second-order valence-corrected chi connectivity index (χ2v) is 6.48. The maximum atomic E-state index is 9.23. The van der Waals surface area contributed by atoms with Crippen molar-refractivity contribution in [2.75, 3.05) is 5.88 Å². The molecular formula is C14H17ClN2S. The predicted molar refractivity (Wildman–Crippen MR) is 76.3 cm³/mol. The summed E-state index contributed by atoms with van der Waals surface area (Å²) in [6.07, 6.45) is 5.50. The highest BCUT2D eigenvalue weighted by molar-refractivity contribution is 7.99. The molecule has 1 aliphatic carbocycles. The molecule has 1 unspecified atom stereocenters. The number of alkyl halides is 1. The molecule has 0 saturated carbocycles. The van der Waals surface area contributed by atoms with E-state index >= 15 is 0 Å². The first kappa shape index (κ1) is 13.7. The number of nitrogens with zero attached hydrogens (tertiary/aromatic N) is 2. The Kier molecular flexibility index (Phi) is 4.91. The quantitative estimate of drug-likeness (QED) is 0.619. The maximum absolute atomic E-state index is 9.23. The zero-order valence-corrected chi connectivity index (χ0v) is 12.2. The molecule has 96 valence electrons. The molecular weight excluding hydrogens is 264 g/mol. The number of rotatable bonds is 4. The fourth-order valence-corrected chi connectivity index (χ4v) is 3.66. The lowest BCUT2D eigenvalue weighted by Crippen LogP contribution is -2.08. The van der Waals surface area contributed by atoms with Gasteiger partial charge in [-0.2, -0.15) is 5.26 Å². The Bertz CT molecular complexity index is 468. The van der Waals surface area contributed by atoms with Crippen LogP contribution in [-0.4, -0.2) is 16.1 Å². The molecule has 1 aromatic rings. The summed E-state index contributed by atoms with van der Waals surface area (Å²) >= 11 is 7.43. The lowest BCUT2D eigenvalue weighted by molar-refractivity contribution is 0.659. The average Bonchev–Trinajstić information content (AvgIpc) is 2.38. The predicted octanol–water partition coefficient (Wildman–Crippen LogP) is 3.94. The number of thioether (sulfide) groups is 1. The lowest BCUT2D eigenvalue weighted by atomic mass is 9.95. The Balaban J connectivity index is 2.26. The number of hydrogen-bond acceptors (Lipinski definition) is 3. The summed E-state index contributed by atoms with van der Waals surface area (Å²) < 4.78 is 0. The molecule has 2 rings (SSSR count). The third kappa shape index (κ3) is 3.18. The van der Waals surface area contributed by atoms with Crippen molar-refractivity contribution < 1.29 is 0 Å². The topological polar surface area (TPSA) is 36.7 Å². The molecule has 4 heteroatoms. The van der Waals surface area contributed by atoms with Crippen LogP contribution in [-0.2, 0) is 12.8 Å². The Morgan fingerprint density at radius 3 is 3.00 bits per heavy atom. The monoisotopic (exact) mass is 280 g/mol. The lowest BCUT2D eigenvalue weighted by Gasteiger charge is -2.17. The highest BCUT2D eigenvalue weighted by Gasteiger charge is 2.16. The van der Waals surface area contributed by atoms with E-state index < -0.39 is 0 Å². The number of halogens is 1. The third-order valence-corrected chi connectivity index (χ3v) is 4.61. The molecule has 0 fully saturated rings. The van der Waals surface area contributed by atoms with Crippen molar-refractivity contribution in [3.05, 3.63) is 22.9 Å². The minimum Gasteiger partial charge on any atom is -0.245 e. The van der Waals surface area contributed by atoms with Crippen LogP contribution in [0.15, 0.2) is 11.1 Å². The molecule has 0 bridgehead atoms. The Morgan fingerprint density at radius 1 is 1.50 bits per heavy atom. The zero-order valence-electron chi connectivity index (χ0n) is 10.6. The van der Waals surface area contributed by atoms with Gasteiger partial charge >= 0.3 is 0 Å². The number of aryl methyl sites for hydroxylation is 2. The van der Waals surface area contributed by atoms with Gasteiger partial charge in [0, 0.05) is 16.8 Å². The van der Waals surface area contributed by atoms with Gasteiger partial charge in [0.15, 0.2) is 0 Å². The molecule has 1 atom stereocenters. The fraction of sp³-hybridized carbons (Fsp3) is 0.571. The summed E-state index contributed by atoms with van der Waals surface area (Å²) in [5, 5.41) is 10.5. The van der Waals surface area contributed by atoms with Gasteiger partial charge in [-0.25, -0.2) is 4.98 Å². The minimum atomic E-state index is 0.406. The first-order valence-electron chi connectivity index (χ1n) is 6.40. The Morgan fingerprint density at radius 2 is 2.28 bits per heavy atom. The van der Waals surface area contributed by atoms with Gasteiger partial charge in [-0.05, 0) is 43.7 Å². The molecule has 1 aromatic heterocycles. The van der Waals surface area contributed by atoms with Crippen LogP contribution in [0.5, 0.6) is 0 Å². The van der Waals surface area contributed by atoms with Crippen molar-refractivity contribution in [2.45, 2.75) is 49.3 Å². The largest absolute Gasteiger partial charge is 0.245 e. The van der Waals surface area contributed by atoms with Gasteiger partial charge in [0.05, 0.1) is 5.56 Å². The summed E-state index contributed by atoms with van der Waals surface area (Å²) in [7, 11) is 0. The van der Waals surface area contributed by atoms with E-state index in [1.807, 2.05) is 6.07 Å². The van der Waals surface area contributed by atoms with Crippen molar-refractivity contribution >= 4 is 23.4 Å². The number of nitriles is 1. The van der Waals surface area contributed by atoms with Crippen molar-refractivity contribution in [1.29, 1.82) is 5.26 Å². The van der Waals surface area contributed by atoms with E-state index in [4.69, 9.17) is 16.6 Å². The zero-order chi connectivity index (χ0) is 13.0. The van der Waals surface area contributed by atoms with E-state index in [1.54, 1.807) is 11.8 Å². The van der Waals surface area contributed by atoms with Gasteiger partial charge in [0.25, 0.3) is 0 Å². The second kappa shape index (κ2) is 6.45. The molecule has 0 aliphatic heterocycles. The van der Waals surface area contributed by atoms with Crippen LogP contribution in [0.2, 0.25) is 0 Å². The molecule has 2 nitrogen and oxygen atoms in total. The number of pyridine rings is 1. The van der Waals surface area contributed by atoms with Gasteiger partial charge in [0.2, 0.25) is 0 Å². The summed E-state index contributed by atoms with van der Waals surface area (Å²) in [6, 6.07) is 4.32. The van der Waals surface area contributed by atoms with Gasteiger partial charge < -0.3 is 0 Å². The van der Waals surface area contributed by atoms with Crippen LogP contribution < -0.4 is 0 Å². The van der Waals surface area contributed by atoms with Gasteiger partial charge in [-0.15, -0.1) is 23.4 Å². The summed E-state index contributed by atoms with van der Waals surface area (Å²) in [6.45, 7) is 2.13. The third-order valence-electron chi connectivity index (χ3n) is 3.21. The normalized spacial score (nSPS) is 15.8. The Labute approximate surface area is 118 Å². The van der Waals surface area contributed by atoms with Crippen LogP contribution >= 0.6 is 23.4 Å².